The van der Waals surface area contributed by atoms with E-state index in [2.05, 4.69) is 0 Å². The minimum atomic E-state index is -3.59. The Morgan fingerprint density at radius 1 is 1.38 bits per heavy atom. The molecule has 5 rings (SSSR count). The first-order valence-corrected chi connectivity index (χ1v) is 10.3. The number of halogens is 4. The summed E-state index contributed by atoms with van der Waals surface area (Å²) < 4.78 is 28.0. The Morgan fingerprint density at radius 3 is 2.67 bits per heavy atom. The zero-order valence-electron chi connectivity index (χ0n) is 11.2. The van der Waals surface area contributed by atoms with Crippen LogP contribution in [0, 0.1) is 29.1 Å². The van der Waals surface area contributed by atoms with E-state index in [1.807, 2.05) is 0 Å². The molecule has 4 saturated carbocycles. The smallest absolute Gasteiger partial charge is 0.264 e. The van der Waals surface area contributed by atoms with E-state index >= 15 is 0 Å². The minimum absolute atomic E-state index is 0.0714. The number of hydrogen-bond donors (Lipinski definition) is 0. The molecule has 7 unspecified atom stereocenters. The lowest BCUT2D eigenvalue weighted by Gasteiger charge is -2.48. The van der Waals surface area contributed by atoms with Crippen molar-refractivity contribution >= 4 is 56.5 Å². The lowest BCUT2D eigenvalue weighted by molar-refractivity contribution is 0.0683. The Balaban J connectivity index is 1.87. The fourth-order valence-electron chi connectivity index (χ4n) is 5.46. The van der Waals surface area contributed by atoms with Crippen LogP contribution in [-0.2, 0) is 14.3 Å². The van der Waals surface area contributed by atoms with Crippen molar-refractivity contribution in [1.29, 1.82) is 0 Å². The Hall–Kier alpha value is 0.810. The predicted octanol–water partition coefficient (Wildman–Crippen LogP) is 3.52. The SMILES string of the molecule is CS(=O)(=O)OCC12C(Cl)=C(Cl)C3C4CC(C(Cl)C1(Cl)C4)C32. The van der Waals surface area contributed by atoms with Gasteiger partial charge in [0.15, 0.2) is 0 Å². The normalized spacial score (nSPS) is 54.0. The Labute approximate surface area is 144 Å². The summed E-state index contributed by atoms with van der Waals surface area (Å²) in [6, 6.07) is 0. The monoisotopic (exact) mass is 390 g/mol. The van der Waals surface area contributed by atoms with E-state index in [-0.39, 0.29) is 29.7 Å². The van der Waals surface area contributed by atoms with E-state index in [9.17, 15) is 8.42 Å². The van der Waals surface area contributed by atoms with Crippen molar-refractivity contribution < 1.29 is 12.6 Å². The molecule has 0 spiro atoms. The first-order chi connectivity index (χ1) is 9.63. The maximum absolute atomic E-state index is 11.5. The molecule has 4 fully saturated rings. The van der Waals surface area contributed by atoms with Crippen LogP contribution in [-0.4, -0.2) is 31.5 Å². The van der Waals surface area contributed by atoms with Crippen molar-refractivity contribution in [2.24, 2.45) is 29.1 Å². The molecule has 0 N–H and O–H groups in total. The molecule has 0 aromatic rings. The van der Waals surface area contributed by atoms with Gasteiger partial charge in [0, 0.05) is 16.0 Å². The van der Waals surface area contributed by atoms with Crippen molar-refractivity contribution in [3.8, 4) is 0 Å². The summed E-state index contributed by atoms with van der Waals surface area (Å²) in [6.07, 6.45) is 2.72. The highest BCUT2D eigenvalue weighted by Gasteiger charge is 2.81. The maximum Gasteiger partial charge on any atom is 0.264 e. The van der Waals surface area contributed by atoms with Crippen molar-refractivity contribution in [2.45, 2.75) is 23.1 Å². The van der Waals surface area contributed by atoms with Crippen LogP contribution in [0.2, 0.25) is 0 Å². The van der Waals surface area contributed by atoms with Crippen molar-refractivity contribution in [3.05, 3.63) is 10.1 Å². The topological polar surface area (TPSA) is 43.4 Å². The lowest BCUT2D eigenvalue weighted by atomic mass is 9.64. The van der Waals surface area contributed by atoms with Gasteiger partial charge in [-0.25, -0.2) is 0 Å². The van der Waals surface area contributed by atoms with Crippen LogP contribution in [0.15, 0.2) is 10.1 Å². The van der Waals surface area contributed by atoms with Gasteiger partial charge in [-0.3, -0.25) is 4.18 Å². The zero-order valence-corrected chi connectivity index (χ0v) is 15.0. The second-order valence-corrected chi connectivity index (χ2v) is 10.4. The highest BCUT2D eigenvalue weighted by atomic mass is 35.5. The van der Waals surface area contributed by atoms with Gasteiger partial charge in [0.25, 0.3) is 10.1 Å². The van der Waals surface area contributed by atoms with Gasteiger partial charge in [0.05, 0.1) is 28.5 Å². The number of allylic oxidation sites excluding steroid dienone is 1. The number of hydrogen-bond acceptors (Lipinski definition) is 3. The van der Waals surface area contributed by atoms with Gasteiger partial charge in [0.1, 0.15) is 0 Å². The molecular weight excluding hydrogens is 378 g/mol. The predicted molar refractivity (Wildman–Crippen MR) is 83.4 cm³/mol. The molecule has 0 aliphatic heterocycles. The molecule has 0 heterocycles. The van der Waals surface area contributed by atoms with Crippen molar-refractivity contribution in [2.75, 3.05) is 12.9 Å². The van der Waals surface area contributed by atoms with Gasteiger partial charge in [-0.15, -0.1) is 23.2 Å². The Bertz CT molecular complexity index is 662. The van der Waals surface area contributed by atoms with Gasteiger partial charge in [0.2, 0.25) is 0 Å². The Morgan fingerprint density at radius 2 is 2.05 bits per heavy atom. The van der Waals surface area contributed by atoms with Gasteiger partial charge >= 0.3 is 0 Å². The molecule has 21 heavy (non-hydrogen) atoms. The van der Waals surface area contributed by atoms with Gasteiger partial charge in [-0.2, -0.15) is 8.42 Å². The third-order valence-corrected chi connectivity index (χ3v) is 9.17. The molecule has 7 atom stereocenters. The molecule has 0 radical (unpaired) electrons. The molecule has 5 aliphatic carbocycles. The van der Waals surface area contributed by atoms with E-state index in [0.29, 0.717) is 22.4 Å². The van der Waals surface area contributed by atoms with Crippen LogP contribution in [0.1, 0.15) is 12.8 Å². The van der Waals surface area contributed by atoms with E-state index in [0.717, 1.165) is 12.7 Å². The summed E-state index contributed by atoms with van der Waals surface area (Å²) in [7, 11) is -3.59. The molecule has 118 valence electrons. The van der Waals surface area contributed by atoms with Gasteiger partial charge < -0.3 is 0 Å². The van der Waals surface area contributed by atoms with Crippen LogP contribution >= 0.6 is 46.4 Å². The summed E-state index contributed by atoms with van der Waals surface area (Å²) in [5, 5.41) is 0.873. The average molecular weight is 392 g/mol. The van der Waals surface area contributed by atoms with Gasteiger partial charge in [-0.05, 0) is 30.6 Å². The molecule has 5 aliphatic rings. The molecular formula is C13H14Cl4O3S. The molecule has 8 heteroatoms. The van der Waals surface area contributed by atoms with E-state index in [1.165, 1.54) is 0 Å². The highest BCUT2D eigenvalue weighted by Crippen LogP contribution is 2.81. The second kappa shape index (κ2) is 4.25. The molecule has 0 saturated heterocycles. The van der Waals surface area contributed by atoms with Crippen LogP contribution in [0.3, 0.4) is 0 Å². The lowest BCUT2D eigenvalue weighted by Crippen LogP contribution is -2.54. The van der Waals surface area contributed by atoms with E-state index < -0.39 is 20.4 Å². The highest BCUT2D eigenvalue weighted by molar-refractivity contribution is 7.85. The summed E-state index contributed by atoms with van der Waals surface area (Å²) in [5.74, 6) is 0.865. The first-order valence-electron chi connectivity index (χ1n) is 6.86. The fourth-order valence-corrected chi connectivity index (χ4v) is 8.04. The zero-order chi connectivity index (χ0) is 15.4. The van der Waals surface area contributed by atoms with Crippen LogP contribution in [0.5, 0.6) is 0 Å². The number of rotatable bonds is 3. The first kappa shape index (κ1) is 15.3. The van der Waals surface area contributed by atoms with Crippen molar-refractivity contribution in [3.63, 3.8) is 0 Å². The Kier molecular flexibility index (Phi) is 3.11. The third kappa shape index (κ3) is 1.60. The summed E-state index contributed by atoms with van der Waals surface area (Å²) in [5.41, 5.74) is -0.773. The standard InChI is InChI=1S/C13H14Cl4O3S/c1-21(18,19)20-4-12-8-6-2-5(3-13(12,17)10(6)15)7(8)9(14)11(12)16/h5-8,10H,2-4H2,1H3. The van der Waals surface area contributed by atoms with Crippen LogP contribution in [0.4, 0.5) is 0 Å². The summed E-state index contributed by atoms with van der Waals surface area (Å²) in [6.45, 7) is -0.0714. The quantitative estimate of drug-likeness (QED) is 0.546. The second-order valence-electron chi connectivity index (χ2n) is 6.78. The third-order valence-electron chi connectivity index (χ3n) is 6.01. The average Bonchev–Trinajstić information content (AvgIpc) is 2.82. The molecule has 0 amide bonds. The van der Waals surface area contributed by atoms with Gasteiger partial charge in [-0.1, -0.05) is 23.2 Å². The molecule has 6 bridgehead atoms. The van der Waals surface area contributed by atoms with Crippen LogP contribution < -0.4 is 0 Å². The van der Waals surface area contributed by atoms with E-state index in [4.69, 9.17) is 50.6 Å². The fraction of sp³-hybridized carbons (Fsp3) is 0.846. The molecule has 0 aromatic carbocycles. The number of alkyl halides is 2. The van der Waals surface area contributed by atoms with E-state index in [1.54, 1.807) is 0 Å². The summed E-state index contributed by atoms with van der Waals surface area (Å²) in [4.78, 5) is -0.776. The van der Waals surface area contributed by atoms with Crippen LogP contribution in [0.25, 0.3) is 0 Å². The minimum Gasteiger partial charge on any atom is -0.269 e. The molecule has 3 nitrogen and oxygen atoms in total. The summed E-state index contributed by atoms with van der Waals surface area (Å²) >= 11 is 26.6. The van der Waals surface area contributed by atoms with Crippen molar-refractivity contribution in [1.82, 2.24) is 0 Å². The largest absolute Gasteiger partial charge is 0.269 e. The molecule has 0 aromatic heterocycles. The maximum atomic E-state index is 11.5.